The number of hydrogen-bond acceptors (Lipinski definition) is 5. The first kappa shape index (κ1) is 22.1. The van der Waals surface area contributed by atoms with Gasteiger partial charge in [0, 0.05) is 56.6 Å². The third-order valence-corrected chi connectivity index (χ3v) is 6.04. The molecule has 0 radical (unpaired) electrons. The van der Waals surface area contributed by atoms with E-state index in [-0.39, 0.29) is 18.0 Å². The summed E-state index contributed by atoms with van der Waals surface area (Å²) >= 11 is 0. The van der Waals surface area contributed by atoms with E-state index in [0.29, 0.717) is 26.1 Å². The molecule has 32 heavy (non-hydrogen) atoms. The van der Waals surface area contributed by atoms with Gasteiger partial charge in [-0.3, -0.25) is 4.79 Å². The standard InChI is InChI=1S/C25H32N4O3/c30-24-8-4-5-16-29(24)23-11-9-21(10-12-23)26-14-13-22-18-28(17-15-27-22)25(31)32-19-20-6-2-1-3-7-20/h1-3,6-7,9-12,22,26-27H,4-5,8,13-19H2/t22-/m1/s1. The number of piperazine rings is 1. The van der Waals surface area contributed by atoms with Crippen molar-refractivity contribution < 1.29 is 14.3 Å². The second-order valence-electron chi connectivity index (χ2n) is 8.40. The minimum atomic E-state index is -0.254. The predicted molar refractivity (Wildman–Crippen MR) is 126 cm³/mol. The van der Waals surface area contributed by atoms with Gasteiger partial charge in [-0.05, 0) is 49.1 Å². The van der Waals surface area contributed by atoms with E-state index in [1.807, 2.05) is 59.5 Å². The van der Waals surface area contributed by atoms with E-state index in [1.54, 1.807) is 4.90 Å². The van der Waals surface area contributed by atoms with Gasteiger partial charge in [0.2, 0.25) is 5.91 Å². The average molecular weight is 437 g/mol. The van der Waals surface area contributed by atoms with Crippen LogP contribution in [0.2, 0.25) is 0 Å². The lowest BCUT2D eigenvalue weighted by atomic mass is 10.1. The normalized spacial score (nSPS) is 19.0. The number of amides is 2. The van der Waals surface area contributed by atoms with Crippen LogP contribution in [0.3, 0.4) is 0 Å². The Hall–Kier alpha value is -3.06. The molecule has 2 N–H and O–H groups in total. The van der Waals surface area contributed by atoms with E-state index in [1.165, 1.54) is 0 Å². The van der Waals surface area contributed by atoms with Crippen molar-refractivity contribution in [3.8, 4) is 0 Å². The van der Waals surface area contributed by atoms with Gasteiger partial charge in [0.05, 0.1) is 0 Å². The first-order chi connectivity index (χ1) is 15.7. The van der Waals surface area contributed by atoms with Crippen molar-refractivity contribution in [2.45, 2.75) is 38.3 Å². The van der Waals surface area contributed by atoms with Gasteiger partial charge in [0.15, 0.2) is 0 Å². The minimum Gasteiger partial charge on any atom is -0.445 e. The molecule has 2 amide bonds. The van der Waals surface area contributed by atoms with Crippen LogP contribution in [-0.4, -0.2) is 55.7 Å². The summed E-state index contributed by atoms with van der Waals surface area (Å²) in [6, 6.07) is 18.0. The van der Waals surface area contributed by atoms with Crippen LogP contribution in [0.1, 0.15) is 31.2 Å². The van der Waals surface area contributed by atoms with Crippen molar-refractivity contribution in [3.05, 3.63) is 60.2 Å². The maximum Gasteiger partial charge on any atom is 0.410 e. The zero-order valence-electron chi connectivity index (χ0n) is 18.5. The Morgan fingerprint density at radius 2 is 1.88 bits per heavy atom. The fourth-order valence-corrected chi connectivity index (χ4v) is 4.22. The lowest BCUT2D eigenvalue weighted by Gasteiger charge is -2.33. The van der Waals surface area contributed by atoms with E-state index in [4.69, 9.17) is 4.74 Å². The maximum absolute atomic E-state index is 12.4. The summed E-state index contributed by atoms with van der Waals surface area (Å²) in [5.74, 6) is 0.215. The van der Waals surface area contributed by atoms with Crippen molar-refractivity contribution in [1.29, 1.82) is 0 Å². The average Bonchev–Trinajstić information content (AvgIpc) is 2.84. The summed E-state index contributed by atoms with van der Waals surface area (Å²) in [7, 11) is 0. The zero-order chi connectivity index (χ0) is 22.2. The molecule has 0 saturated carbocycles. The topological polar surface area (TPSA) is 73.9 Å². The zero-order valence-corrected chi connectivity index (χ0v) is 18.5. The summed E-state index contributed by atoms with van der Waals surface area (Å²) in [5, 5.41) is 6.93. The highest BCUT2D eigenvalue weighted by Gasteiger charge is 2.24. The number of benzene rings is 2. The molecule has 0 bridgehead atoms. The number of carbonyl (C=O) groups excluding carboxylic acids is 2. The predicted octanol–water partition coefficient (Wildman–Crippen LogP) is 3.62. The summed E-state index contributed by atoms with van der Waals surface area (Å²) in [6.07, 6.45) is 3.35. The monoisotopic (exact) mass is 436 g/mol. The molecule has 2 heterocycles. The molecule has 0 aliphatic carbocycles. The number of nitrogens with one attached hydrogen (secondary N) is 2. The molecule has 1 atom stereocenters. The van der Waals surface area contributed by atoms with Gasteiger partial charge in [-0.2, -0.15) is 0 Å². The Balaban J connectivity index is 1.19. The largest absolute Gasteiger partial charge is 0.445 e. The molecule has 2 saturated heterocycles. The lowest BCUT2D eigenvalue weighted by Crippen LogP contribution is -2.53. The fourth-order valence-electron chi connectivity index (χ4n) is 4.22. The van der Waals surface area contributed by atoms with Crippen LogP contribution < -0.4 is 15.5 Å². The molecule has 170 valence electrons. The second kappa shape index (κ2) is 11.0. The van der Waals surface area contributed by atoms with Gasteiger partial charge < -0.3 is 25.2 Å². The van der Waals surface area contributed by atoms with E-state index in [0.717, 1.165) is 55.8 Å². The molecular formula is C25H32N4O3. The van der Waals surface area contributed by atoms with Gasteiger partial charge in [0.25, 0.3) is 0 Å². The quantitative estimate of drug-likeness (QED) is 0.694. The first-order valence-corrected chi connectivity index (χ1v) is 11.5. The maximum atomic E-state index is 12.4. The third kappa shape index (κ3) is 6.01. The SMILES string of the molecule is O=C(OCc1ccccc1)N1CCN[C@H](CCNc2ccc(N3CCCCC3=O)cc2)C1. The van der Waals surface area contributed by atoms with Crippen LogP contribution in [0, 0.1) is 0 Å². The Kier molecular flexibility index (Phi) is 7.61. The number of rotatable bonds is 7. The van der Waals surface area contributed by atoms with Crippen molar-refractivity contribution in [1.82, 2.24) is 10.2 Å². The molecule has 2 aliphatic heterocycles. The third-order valence-electron chi connectivity index (χ3n) is 6.04. The molecule has 0 aromatic heterocycles. The first-order valence-electron chi connectivity index (χ1n) is 11.5. The highest BCUT2D eigenvalue weighted by molar-refractivity contribution is 5.94. The van der Waals surface area contributed by atoms with Crippen molar-refractivity contribution in [2.75, 3.05) is 42.9 Å². The second-order valence-corrected chi connectivity index (χ2v) is 8.40. The summed E-state index contributed by atoms with van der Waals surface area (Å²) < 4.78 is 5.47. The van der Waals surface area contributed by atoms with Crippen LogP contribution in [0.15, 0.2) is 54.6 Å². The van der Waals surface area contributed by atoms with Crippen LogP contribution >= 0.6 is 0 Å². The van der Waals surface area contributed by atoms with Crippen molar-refractivity contribution in [3.63, 3.8) is 0 Å². The number of piperidine rings is 1. The number of anilines is 2. The minimum absolute atomic E-state index is 0.215. The van der Waals surface area contributed by atoms with Crippen molar-refractivity contribution in [2.24, 2.45) is 0 Å². The molecule has 0 spiro atoms. The van der Waals surface area contributed by atoms with Crippen molar-refractivity contribution >= 4 is 23.4 Å². The molecule has 7 heteroatoms. The number of carbonyl (C=O) groups is 2. The molecule has 2 aliphatic rings. The Labute approximate surface area is 189 Å². The fraction of sp³-hybridized carbons (Fsp3) is 0.440. The number of hydrogen-bond donors (Lipinski definition) is 2. The van der Waals surface area contributed by atoms with Gasteiger partial charge >= 0.3 is 6.09 Å². The molecule has 2 aromatic carbocycles. The highest BCUT2D eigenvalue weighted by Crippen LogP contribution is 2.22. The number of ether oxygens (including phenoxy) is 1. The van der Waals surface area contributed by atoms with Gasteiger partial charge in [-0.1, -0.05) is 30.3 Å². The van der Waals surface area contributed by atoms with Gasteiger partial charge in [0.1, 0.15) is 6.61 Å². The van der Waals surface area contributed by atoms with Crippen LogP contribution in [0.4, 0.5) is 16.2 Å². The summed E-state index contributed by atoms with van der Waals surface area (Å²) in [5.41, 5.74) is 3.00. The molecule has 4 rings (SSSR count). The Bertz CT molecular complexity index is 888. The Morgan fingerprint density at radius 3 is 2.66 bits per heavy atom. The van der Waals surface area contributed by atoms with Crippen LogP contribution in [0.5, 0.6) is 0 Å². The van der Waals surface area contributed by atoms with E-state index >= 15 is 0 Å². The molecule has 0 unspecified atom stereocenters. The van der Waals surface area contributed by atoms with Gasteiger partial charge in [-0.15, -0.1) is 0 Å². The molecule has 2 fully saturated rings. The van der Waals surface area contributed by atoms with E-state index < -0.39 is 0 Å². The lowest BCUT2D eigenvalue weighted by molar-refractivity contribution is -0.119. The van der Waals surface area contributed by atoms with E-state index in [2.05, 4.69) is 10.6 Å². The highest BCUT2D eigenvalue weighted by atomic mass is 16.6. The smallest absolute Gasteiger partial charge is 0.410 e. The van der Waals surface area contributed by atoms with Crippen LogP contribution in [0.25, 0.3) is 0 Å². The molecule has 2 aromatic rings. The summed E-state index contributed by atoms with van der Waals surface area (Å²) in [4.78, 5) is 28.2. The number of nitrogens with zero attached hydrogens (tertiary/aromatic N) is 2. The van der Waals surface area contributed by atoms with Crippen LogP contribution in [-0.2, 0) is 16.1 Å². The molecule has 7 nitrogen and oxygen atoms in total. The van der Waals surface area contributed by atoms with Gasteiger partial charge in [-0.25, -0.2) is 4.79 Å². The Morgan fingerprint density at radius 1 is 1.06 bits per heavy atom. The van der Waals surface area contributed by atoms with E-state index in [9.17, 15) is 9.59 Å². The molecular weight excluding hydrogens is 404 g/mol. The summed E-state index contributed by atoms with van der Waals surface area (Å²) in [6.45, 7) is 3.98.